The molecule has 1 fully saturated rings. The van der Waals surface area contributed by atoms with Crippen LogP contribution in [0, 0.1) is 0 Å². The normalized spacial score (nSPS) is 22.0. The Bertz CT molecular complexity index is 728. The zero-order valence-corrected chi connectivity index (χ0v) is 13.9. The zero-order valence-electron chi connectivity index (χ0n) is 12.2. The molecule has 118 valence electrons. The highest BCUT2D eigenvalue weighted by molar-refractivity contribution is 7.90. The van der Waals surface area contributed by atoms with Crippen molar-refractivity contribution in [1.82, 2.24) is 9.71 Å². The standard InChI is InChI=1S/C15H18N2O3S2/c1-11-14(7-8-20-11)22(18,19)16-9-13-10-21-15(17-13)12-5-3-2-4-6-12/h2-6,10-11,14,16H,7-9H2,1H3/t11-,14+/m1/s1. The molecule has 2 heterocycles. The lowest BCUT2D eigenvalue weighted by Gasteiger charge is -2.15. The Balaban J connectivity index is 1.66. The van der Waals surface area contributed by atoms with Crippen LogP contribution in [0.1, 0.15) is 19.0 Å². The summed E-state index contributed by atoms with van der Waals surface area (Å²) in [5, 5.41) is 2.31. The summed E-state index contributed by atoms with van der Waals surface area (Å²) in [4.78, 5) is 4.49. The monoisotopic (exact) mass is 338 g/mol. The second-order valence-corrected chi connectivity index (χ2v) is 8.12. The molecule has 1 aromatic heterocycles. The minimum atomic E-state index is -3.37. The van der Waals surface area contributed by atoms with E-state index >= 15 is 0 Å². The molecule has 0 unspecified atom stereocenters. The van der Waals surface area contributed by atoms with Crippen molar-refractivity contribution < 1.29 is 13.2 Å². The highest BCUT2D eigenvalue weighted by Crippen LogP contribution is 2.24. The molecule has 1 aliphatic rings. The van der Waals surface area contributed by atoms with E-state index in [2.05, 4.69) is 9.71 Å². The predicted octanol–water partition coefficient (Wildman–Crippen LogP) is 2.41. The molecule has 0 saturated carbocycles. The van der Waals surface area contributed by atoms with Gasteiger partial charge in [-0.2, -0.15) is 0 Å². The number of benzene rings is 1. The minimum Gasteiger partial charge on any atom is -0.377 e. The van der Waals surface area contributed by atoms with Crippen LogP contribution < -0.4 is 4.72 Å². The average molecular weight is 338 g/mol. The maximum Gasteiger partial charge on any atom is 0.217 e. The summed E-state index contributed by atoms with van der Waals surface area (Å²) in [5.74, 6) is 0. The van der Waals surface area contributed by atoms with Gasteiger partial charge in [0.05, 0.1) is 18.3 Å². The van der Waals surface area contributed by atoms with Gasteiger partial charge in [-0.1, -0.05) is 30.3 Å². The first-order valence-corrected chi connectivity index (χ1v) is 9.59. The van der Waals surface area contributed by atoms with Gasteiger partial charge in [-0.3, -0.25) is 0 Å². The molecule has 2 atom stereocenters. The molecular weight excluding hydrogens is 320 g/mol. The van der Waals surface area contributed by atoms with Crippen LogP contribution in [0.25, 0.3) is 10.6 Å². The number of sulfonamides is 1. The van der Waals surface area contributed by atoms with E-state index in [1.165, 1.54) is 11.3 Å². The zero-order chi connectivity index (χ0) is 15.6. The van der Waals surface area contributed by atoms with Crippen LogP contribution in [0.5, 0.6) is 0 Å². The molecule has 0 bridgehead atoms. The fourth-order valence-corrected chi connectivity index (χ4v) is 4.88. The highest BCUT2D eigenvalue weighted by Gasteiger charge is 2.35. The smallest absolute Gasteiger partial charge is 0.217 e. The lowest BCUT2D eigenvalue weighted by molar-refractivity contribution is 0.126. The van der Waals surface area contributed by atoms with Crippen LogP contribution in [0.4, 0.5) is 0 Å². The Morgan fingerprint density at radius 1 is 1.36 bits per heavy atom. The number of ether oxygens (including phenoxy) is 1. The lowest BCUT2D eigenvalue weighted by Crippen LogP contribution is -2.37. The van der Waals surface area contributed by atoms with Crippen molar-refractivity contribution in [3.05, 3.63) is 41.4 Å². The molecule has 1 saturated heterocycles. The third-order valence-corrected chi connectivity index (χ3v) is 6.64. The molecule has 3 rings (SSSR count). The van der Waals surface area contributed by atoms with Crippen LogP contribution in [-0.4, -0.2) is 31.4 Å². The summed E-state index contributed by atoms with van der Waals surface area (Å²) in [6.07, 6.45) is 0.288. The first-order chi connectivity index (χ1) is 10.6. The van der Waals surface area contributed by atoms with E-state index in [9.17, 15) is 8.42 Å². The van der Waals surface area contributed by atoms with Crippen molar-refractivity contribution in [1.29, 1.82) is 0 Å². The van der Waals surface area contributed by atoms with Gasteiger partial charge in [0.15, 0.2) is 0 Å². The molecule has 5 nitrogen and oxygen atoms in total. The van der Waals surface area contributed by atoms with Gasteiger partial charge in [0.1, 0.15) is 10.3 Å². The van der Waals surface area contributed by atoms with Gasteiger partial charge in [-0.05, 0) is 13.3 Å². The molecule has 0 aliphatic carbocycles. The second kappa shape index (κ2) is 6.45. The van der Waals surface area contributed by atoms with Crippen molar-refractivity contribution in [2.75, 3.05) is 6.61 Å². The van der Waals surface area contributed by atoms with Crippen molar-refractivity contribution in [3.63, 3.8) is 0 Å². The second-order valence-electron chi connectivity index (χ2n) is 5.28. The summed E-state index contributed by atoms with van der Waals surface area (Å²) in [7, 11) is -3.37. The van der Waals surface area contributed by atoms with E-state index in [4.69, 9.17) is 4.74 Å². The average Bonchev–Trinajstić information content (AvgIpc) is 3.15. The van der Waals surface area contributed by atoms with Gasteiger partial charge in [-0.15, -0.1) is 11.3 Å². The van der Waals surface area contributed by atoms with E-state index in [0.29, 0.717) is 13.0 Å². The number of nitrogens with zero attached hydrogens (tertiary/aromatic N) is 1. The predicted molar refractivity (Wildman–Crippen MR) is 87.1 cm³/mol. The van der Waals surface area contributed by atoms with Crippen molar-refractivity contribution in [2.24, 2.45) is 0 Å². The molecule has 7 heteroatoms. The van der Waals surface area contributed by atoms with Gasteiger partial charge in [0.25, 0.3) is 0 Å². The highest BCUT2D eigenvalue weighted by atomic mass is 32.2. The molecule has 2 aromatic rings. The van der Waals surface area contributed by atoms with Gasteiger partial charge >= 0.3 is 0 Å². The Morgan fingerprint density at radius 2 is 2.14 bits per heavy atom. The molecule has 22 heavy (non-hydrogen) atoms. The summed E-state index contributed by atoms with van der Waals surface area (Å²) >= 11 is 1.52. The van der Waals surface area contributed by atoms with Gasteiger partial charge < -0.3 is 4.74 Å². The van der Waals surface area contributed by atoms with E-state index in [1.54, 1.807) is 6.92 Å². The molecule has 0 spiro atoms. The van der Waals surface area contributed by atoms with E-state index < -0.39 is 15.3 Å². The number of hydrogen-bond acceptors (Lipinski definition) is 5. The topological polar surface area (TPSA) is 68.3 Å². The molecule has 1 N–H and O–H groups in total. The van der Waals surface area contributed by atoms with E-state index in [1.807, 2.05) is 35.7 Å². The van der Waals surface area contributed by atoms with Crippen LogP contribution in [0.2, 0.25) is 0 Å². The maximum atomic E-state index is 12.3. The first kappa shape index (κ1) is 15.6. The van der Waals surface area contributed by atoms with E-state index in [0.717, 1.165) is 16.3 Å². The van der Waals surface area contributed by atoms with Gasteiger partial charge in [-0.25, -0.2) is 18.1 Å². The molecule has 0 amide bonds. The fraction of sp³-hybridized carbons (Fsp3) is 0.400. The molecule has 1 aromatic carbocycles. The van der Waals surface area contributed by atoms with Gasteiger partial charge in [0.2, 0.25) is 10.0 Å². The number of nitrogens with one attached hydrogen (secondary N) is 1. The summed E-state index contributed by atoms with van der Waals surface area (Å²) in [6, 6.07) is 9.85. The number of hydrogen-bond donors (Lipinski definition) is 1. The Morgan fingerprint density at radius 3 is 2.82 bits per heavy atom. The summed E-state index contributed by atoms with van der Waals surface area (Å²) < 4.78 is 32.5. The Labute approximate surface area is 134 Å². The minimum absolute atomic E-state index is 0.217. The maximum absolute atomic E-state index is 12.3. The Kier molecular flexibility index (Phi) is 4.58. The van der Waals surface area contributed by atoms with Gasteiger partial charge in [0, 0.05) is 17.6 Å². The third-order valence-electron chi connectivity index (χ3n) is 3.73. The van der Waals surface area contributed by atoms with E-state index in [-0.39, 0.29) is 12.6 Å². The quantitative estimate of drug-likeness (QED) is 0.909. The fourth-order valence-electron chi connectivity index (χ4n) is 2.50. The first-order valence-electron chi connectivity index (χ1n) is 7.16. The van der Waals surface area contributed by atoms with Crippen molar-refractivity contribution in [2.45, 2.75) is 31.2 Å². The molecule has 1 aliphatic heterocycles. The lowest BCUT2D eigenvalue weighted by atomic mass is 10.2. The van der Waals surface area contributed by atoms with Crippen LogP contribution in [-0.2, 0) is 21.3 Å². The third kappa shape index (κ3) is 3.38. The number of thiazole rings is 1. The number of aromatic nitrogens is 1. The van der Waals surface area contributed by atoms with Crippen LogP contribution in [0.15, 0.2) is 35.7 Å². The number of rotatable bonds is 5. The van der Waals surface area contributed by atoms with Crippen molar-refractivity contribution in [3.8, 4) is 10.6 Å². The molecule has 0 radical (unpaired) electrons. The van der Waals surface area contributed by atoms with Crippen LogP contribution >= 0.6 is 11.3 Å². The SMILES string of the molecule is C[C@H]1OCC[C@@H]1S(=O)(=O)NCc1csc(-c2ccccc2)n1. The molecular formula is C15H18N2O3S2. The van der Waals surface area contributed by atoms with Crippen LogP contribution in [0.3, 0.4) is 0 Å². The Hall–Kier alpha value is -1.28. The van der Waals surface area contributed by atoms with Crippen molar-refractivity contribution >= 4 is 21.4 Å². The summed E-state index contributed by atoms with van der Waals surface area (Å²) in [6.45, 7) is 2.52. The summed E-state index contributed by atoms with van der Waals surface area (Å²) in [5.41, 5.74) is 1.78. The largest absolute Gasteiger partial charge is 0.377 e.